The fourth-order valence-corrected chi connectivity index (χ4v) is 2.15. The first-order valence-corrected chi connectivity index (χ1v) is 6.57. The lowest BCUT2D eigenvalue weighted by molar-refractivity contribution is 0.219. The Labute approximate surface area is 112 Å². The van der Waals surface area contributed by atoms with E-state index in [-0.39, 0.29) is 18.6 Å². The van der Waals surface area contributed by atoms with Crippen LogP contribution in [0.15, 0.2) is 24.3 Å². The van der Waals surface area contributed by atoms with E-state index < -0.39 is 0 Å². The number of alkyl halides is 1. The molecule has 0 spiro atoms. The fourth-order valence-electron chi connectivity index (χ4n) is 2.15. The smallest absolute Gasteiger partial charge is 0.321 e. The zero-order chi connectivity index (χ0) is 13.7. The molecule has 1 aromatic carbocycles. The Kier molecular flexibility index (Phi) is 4.60. The molecule has 1 aromatic rings. The predicted molar refractivity (Wildman–Crippen MR) is 72.3 cm³/mol. The Morgan fingerprint density at radius 3 is 2.79 bits per heavy atom. The number of likely N-dealkylation sites (tertiary alicyclic amines) is 1. The molecular weight excluding hydrogens is 247 g/mol. The molecule has 0 bridgehead atoms. The highest BCUT2D eigenvalue weighted by Gasteiger charge is 2.25. The molecule has 1 aliphatic rings. The molecule has 1 unspecified atom stereocenters. The summed E-state index contributed by atoms with van der Waals surface area (Å²) in [6.45, 7) is 3.30. The van der Waals surface area contributed by atoms with Gasteiger partial charge < -0.3 is 15.0 Å². The zero-order valence-electron chi connectivity index (χ0n) is 11.1. The maximum atomic E-state index is 12.5. The Bertz CT molecular complexity index is 422. The minimum atomic E-state index is -0.354. The monoisotopic (exact) mass is 266 g/mol. The fraction of sp³-hybridized carbons (Fsp3) is 0.500. The summed E-state index contributed by atoms with van der Waals surface area (Å²) in [6, 6.07) is 7.05. The molecule has 1 saturated heterocycles. The molecule has 1 N–H and O–H groups in total. The molecule has 2 rings (SSSR count). The number of carbonyl (C=O) groups excluding carboxylic acids is 1. The van der Waals surface area contributed by atoms with Crippen molar-refractivity contribution in [1.29, 1.82) is 0 Å². The zero-order valence-corrected chi connectivity index (χ0v) is 11.1. The molecule has 0 aliphatic carbocycles. The van der Waals surface area contributed by atoms with Crippen LogP contribution in [0.2, 0.25) is 0 Å². The molecule has 1 atom stereocenters. The standard InChI is InChI=1S/C14H19FN2O2/c1-2-19-13-5-3-12(4-6-13)16-14(18)17-8-7-11(9-15)10-17/h3-6,11H,2,7-10H2,1H3,(H,16,18). The van der Waals surface area contributed by atoms with Crippen molar-refractivity contribution in [3.05, 3.63) is 24.3 Å². The van der Waals surface area contributed by atoms with Gasteiger partial charge in [0.1, 0.15) is 5.75 Å². The first kappa shape index (κ1) is 13.6. The second-order valence-electron chi connectivity index (χ2n) is 4.64. The van der Waals surface area contributed by atoms with E-state index in [0.717, 1.165) is 17.9 Å². The molecule has 1 fully saturated rings. The van der Waals surface area contributed by atoms with Crippen LogP contribution in [0, 0.1) is 5.92 Å². The summed E-state index contributed by atoms with van der Waals surface area (Å²) in [5.74, 6) is 0.769. The number of halogens is 1. The molecule has 19 heavy (non-hydrogen) atoms. The van der Waals surface area contributed by atoms with Gasteiger partial charge in [-0.25, -0.2) is 4.79 Å². The Morgan fingerprint density at radius 1 is 1.47 bits per heavy atom. The Balaban J connectivity index is 1.88. The number of hydrogen-bond donors (Lipinski definition) is 1. The van der Waals surface area contributed by atoms with Gasteiger partial charge >= 0.3 is 6.03 Å². The number of ether oxygens (including phenoxy) is 1. The molecule has 104 valence electrons. The van der Waals surface area contributed by atoms with Gasteiger partial charge in [0.2, 0.25) is 0 Å². The maximum Gasteiger partial charge on any atom is 0.321 e. The number of carbonyl (C=O) groups is 1. The normalized spacial score (nSPS) is 18.4. The molecule has 1 aliphatic heterocycles. The SMILES string of the molecule is CCOc1ccc(NC(=O)N2CCC(CF)C2)cc1. The van der Waals surface area contributed by atoms with Crippen molar-refractivity contribution >= 4 is 11.7 Å². The first-order valence-electron chi connectivity index (χ1n) is 6.57. The summed E-state index contributed by atoms with van der Waals surface area (Å²) in [6.07, 6.45) is 0.743. The molecule has 2 amide bonds. The highest BCUT2D eigenvalue weighted by Crippen LogP contribution is 2.19. The third-order valence-electron chi connectivity index (χ3n) is 3.21. The van der Waals surface area contributed by atoms with Crippen LogP contribution in [-0.2, 0) is 0 Å². The predicted octanol–water partition coefficient (Wildman–Crippen LogP) is 2.91. The van der Waals surface area contributed by atoms with Gasteiger partial charge in [-0.15, -0.1) is 0 Å². The van der Waals surface area contributed by atoms with Crippen molar-refractivity contribution in [3.63, 3.8) is 0 Å². The second kappa shape index (κ2) is 6.41. The lowest BCUT2D eigenvalue weighted by Gasteiger charge is -2.17. The minimum Gasteiger partial charge on any atom is -0.494 e. The van der Waals surface area contributed by atoms with E-state index in [0.29, 0.717) is 19.7 Å². The highest BCUT2D eigenvalue weighted by atomic mass is 19.1. The van der Waals surface area contributed by atoms with Crippen LogP contribution >= 0.6 is 0 Å². The van der Waals surface area contributed by atoms with Crippen molar-refractivity contribution in [2.75, 3.05) is 31.7 Å². The Morgan fingerprint density at radius 2 is 2.21 bits per heavy atom. The van der Waals surface area contributed by atoms with Crippen molar-refractivity contribution in [3.8, 4) is 5.75 Å². The molecule has 5 heteroatoms. The molecule has 1 heterocycles. The van der Waals surface area contributed by atoms with Gasteiger partial charge in [0.05, 0.1) is 13.3 Å². The molecule has 4 nitrogen and oxygen atoms in total. The quantitative estimate of drug-likeness (QED) is 0.910. The van der Waals surface area contributed by atoms with E-state index in [2.05, 4.69) is 5.32 Å². The molecule has 0 radical (unpaired) electrons. The van der Waals surface area contributed by atoms with E-state index in [1.54, 1.807) is 17.0 Å². The number of amides is 2. The van der Waals surface area contributed by atoms with Gasteiger partial charge in [-0.2, -0.15) is 0 Å². The van der Waals surface area contributed by atoms with E-state index in [4.69, 9.17) is 4.74 Å². The number of anilines is 1. The van der Waals surface area contributed by atoms with Gasteiger partial charge in [-0.1, -0.05) is 0 Å². The van der Waals surface area contributed by atoms with E-state index in [1.165, 1.54) is 0 Å². The molecule has 0 saturated carbocycles. The first-order chi connectivity index (χ1) is 9.22. The van der Waals surface area contributed by atoms with Gasteiger partial charge in [-0.3, -0.25) is 4.39 Å². The average molecular weight is 266 g/mol. The topological polar surface area (TPSA) is 41.6 Å². The third-order valence-corrected chi connectivity index (χ3v) is 3.21. The van der Waals surface area contributed by atoms with E-state index in [1.807, 2.05) is 19.1 Å². The van der Waals surface area contributed by atoms with Crippen molar-refractivity contribution < 1.29 is 13.9 Å². The lowest BCUT2D eigenvalue weighted by Crippen LogP contribution is -2.33. The van der Waals surface area contributed by atoms with Crippen LogP contribution < -0.4 is 10.1 Å². The summed E-state index contributed by atoms with van der Waals surface area (Å²) in [5, 5.41) is 2.81. The largest absolute Gasteiger partial charge is 0.494 e. The third kappa shape index (κ3) is 3.59. The molecular formula is C14H19FN2O2. The van der Waals surface area contributed by atoms with Gasteiger partial charge in [-0.05, 0) is 37.6 Å². The van der Waals surface area contributed by atoms with Crippen molar-refractivity contribution in [2.24, 2.45) is 5.92 Å². The number of nitrogens with zero attached hydrogens (tertiary/aromatic N) is 1. The van der Waals surface area contributed by atoms with Crippen LogP contribution in [0.4, 0.5) is 14.9 Å². The second-order valence-corrected chi connectivity index (χ2v) is 4.64. The number of benzene rings is 1. The van der Waals surface area contributed by atoms with E-state index >= 15 is 0 Å². The van der Waals surface area contributed by atoms with Gasteiger partial charge in [0.25, 0.3) is 0 Å². The van der Waals surface area contributed by atoms with E-state index in [9.17, 15) is 9.18 Å². The number of nitrogens with one attached hydrogen (secondary N) is 1. The van der Waals surface area contributed by atoms with Crippen LogP contribution in [0.3, 0.4) is 0 Å². The number of urea groups is 1. The van der Waals surface area contributed by atoms with Gasteiger partial charge in [0.15, 0.2) is 0 Å². The minimum absolute atomic E-state index is 0.00826. The maximum absolute atomic E-state index is 12.5. The lowest BCUT2D eigenvalue weighted by atomic mass is 10.1. The number of rotatable bonds is 4. The Hall–Kier alpha value is -1.78. The summed E-state index contributed by atoms with van der Waals surface area (Å²) in [7, 11) is 0. The van der Waals surface area contributed by atoms with Crippen molar-refractivity contribution in [2.45, 2.75) is 13.3 Å². The summed E-state index contributed by atoms with van der Waals surface area (Å²) in [5.41, 5.74) is 0.720. The van der Waals surface area contributed by atoms with Crippen LogP contribution in [-0.4, -0.2) is 37.3 Å². The van der Waals surface area contributed by atoms with Crippen LogP contribution in [0.1, 0.15) is 13.3 Å². The highest BCUT2D eigenvalue weighted by molar-refractivity contribution is 5.89. The van der Waals surface area contributed by atoms with Crippen LogP contribution in [0.25, 0.3) is 0 Å². The van der Waals surface area contributed by atoms with Crippen molar-refractivity contribution in [1.82, 2.24) is 4.90 Å². The molecule has 0 aromatic heterocycles. The van der Waals surface area contributed by atoms with Gasteiger partial charge in [0, 0.05) is 24.7 Å². The average Bonchev–Trinajstić information content (AvgIpc) is 2.90. The summed E-state index contributed by atoms with van der Waals surface area (Å²) in [4.78, 5) is 13.6. The number of hydrogen-bond acceptors (Lipinski definition) is 2. The summed E-state index contributed by atoms with van der Waals surface area (Å²) >= 11 is 0. The van der Waals surface area contributed by atoms with Crippen LogP contribution in [0.5, 0.6) is 5.75 Å². The summed E-state index contributed by atoms with van der Waals surface area (Å²) < 4.78 is 17.8.